The Labute approximate surface area is 88.2 Å². The van der Waals surface area contributed by atoms with Crippen LogP contribution < -0.4 is 17.0 Å². The summed E-state index contributed by atoms with van der Waals surface area (Å²) in [6.45, 7) is 0.764. The van der Waals surface area contributed by atoms with Gasteiger partial charge in [-0.05, 0) is 19.2 Å². The summed E-state index contributed by atoms with van der Waals surface area (Å²) in [4.78, 5) is 16.6. The Hall–Kier alpha value is -1.66. The molecule has 0 spiro atoms. The largest absolute Gasteiger partial charge is 0.369 e. The summed E-state index contributed by atoms with van der Waals surface area (Å²) in [7, 11) is 1.80. The van der Waals surface area contributed by atoms with Gasteiger partial charge in [0.1, 0.15) is 0 Å². The third kappa shape index (κ3) is 3.92. The average Bonchev–Trinajstić information content (AvgIpc) is 2.16. The molecule has 0 aliphatic heterocycles. The Kier molecular flexibility index (Phi) is 4.02. The number of aromatic nitrogens is 1. The minimum absolute atomic E-state index is 0.210. The van der Waals surface area contributed by atoms with E-state index in [-0.39, 0.29) is 12.5 Å². The number of carbonyl (C=O) groups is 1. The number of pyridine rings is 1. The predicted molar refractivity (Wildman–Crippen MR) is 57.6 cm³/mol. The van der Waals surface area contributed by atoms with Gasteiger partial charge in [-0.25, -0.2) is 0 Å². The number of anilines is 1. The van der Waals surface area contributed by atoms with Gasteiger partial charge in [0.05, 0.1) is 17.9 Å². The Morgan fingerprint density at radius 1 is 1.67 bits per heavy atom. The maximum Gasteiger partial charge on any atom is 0.231 e. The van der Waals surface area contributed by atoms with Crippen molar-refractivity contribution < 1.29 is 4.79 Å². The van der Waals surface area contributed by atoms with Gasteiger partial charge in [0.15, 0.2) is 0 Å². The molecular formula is C9H15N5O. The van der Waals surface area contributed by atoms with Gasteiger partial charge in [-0.1, -0.05) is 0 Å². The number of amides is 1. The second kappa shape index (κ2) is 5.28. The number of likely N-dealkylation sites (N-methyl/N-ethyl adjacent to an activating group) is 1. The molecule has 1 aromatic rings. The van der Waals surface area contributed by atoms with Gasteiger partial charge >= 0.3 is 0 Å². The van der Waals surface area contributed by atoms with Crippen LogP contribution in [-0.2, 0) is 11.3 Å². The normalized spacial score (nSPS) is 10.3. The lowest BCUT2D eigenvalue weighted by molar-refractivity contribution is -0.118. The van der Waals surface area contributed by atoms with Gasteiger partial charge < -0.3 is 11.2 Å². The Bertz CT molecular complexity index is 341. The van der Waals surface area contributed by atoms with Gasteiger partial charge in [0.2, 0.25) is 5.91 Å². The fourth-order valence-electron chi connectivity index (χ4n) is 1.25. The second-order valence-electron chi connectivity index (χ2n) is 3.32. The molecule has 0 saturated heterocycles. The summed E-state index contributed by atoms with van der Waals surface area (Å²) in [6.07, 6.45) is 1.66. The summed E-state index contributed by atoms with van der Waals surface area (Å²) in [5.74, 6) is 4.91. The SMILES string of the molecule is CN(CC(N)=O)Cc1cc(NN)ccn1. The Balaban J connectivity index is 2.59. The predicted octanol–water partition coefficient (Wildman–Crippen LogP) is -0.716. The molecule has 0 atom stereocenters. The van der Waals surface area contributed by atoms with Crippen LogP contribution in [0.2, 0.25) is 0 Å². The monoisotopic (exact) mass is 209 g/mol. The van der Waals surface area contributed by atoms with Gasteiger partial charge in [-0.2, -0.15) is 0 Å². The molecule has 1 amide bonds. The van der Waals surface area contributed by atoms with E-state index in [1.54, 1.807) is 24.2 Å². The highest BCUT2D eigenvalue weighted by Crippen LogP contribution is 2.07. The van der Waals surface area contributed by atoms with Crippen LogP contribution in [0.3, 0.4) is 0 Å². The van der Waals surface area contributed by atoms with Crippen molar-refractivity contribution in [1.29, 1.82) is 0 Å². The first kappa shape index (κ1) is 11.4. The first-order chi connectivity index (χ1) is 7.11. The van der Waals surface area contributed by atoms with E-state index in [4.69, 9.17) is 11.6 Å². The van der Waals surface area contributed by atoms with Crippen molar-refractivity contribution in [2.75, 3.05) is 19.0 Å². The van der Waals surface area contributed by atoms with Crippen LogP contribution >= 0.6 is 0 Å². The highest BCUT2D eigenvalue weighted by atomic mass is 16.1. The summed E-state index contributed by atoms with van der Waals surface area (Å²) >= 11 is 0. The molecule has 5 N–H and O–H groups in total. The molecule has 0 aliphatic rings. The molecule has 1 heterocycles. The zero-order valence-corrected chi connectivity index (χ0v) is 8.60. The minimum Gasteiger partial charge on any atom is -0.369 e. The number of nitrogens with two attached hydrogens (primary N) is 2. The van der Waals surface area contributed by atoms with Crippen molar-refractivity contribution in [1.82, 2.24) is 9.88 Å². The summed E-state index contributed by atoms with van der Waals surface area (Å²) < 4.78 is 0. The maximum atomic E-state index is 10.7. The number of nitrogens with one attached hydrogen (secondary N) is 1. The molecule has 1 aromatic heterocycles. The lowest BCUT2D eigenvalue weighted by Crippen LogP contribution is -2.30. The van der Waals surface area contributed by atoms with Gasteiger partial charge in [-0.3, -0.25) is 20.5 Å². The number of nitrogen functional groups attached to an aromatic ring is 1. The van der Waals surface area contributed by atoms with E-state index >= 15 is 0 Å². The molecule has 82 valence electrons. The van der Waals surface area contributed by atoms with Gasteiger partial charge in [-0.15, -0.1) is 0 Å². The molecule has 6 heteroatoms. The molecule has 6 nitrogen and oxygen atoms in total. The van der Waals surface area contributed by atoms with Crippen LogP contribution in [0.1, 0.15) is 5.69 Å². The van der Waals surface area contributed by atoms with E-state index < -0.39 is 0 Å². The van der Waals surface area contributed by atoms with Gasteiger partial charge in [0.25, 0.3) is 0 Å². The van der Waals surface area contributed by atoms with Crippen molar-refractivity contribution >= 4 is 11.6 Å². The first-order valence-corrected chi connectivity index (χ1v) is 4.50. The number of rotatable bonds is 5. The molecule has 0 aliphatic carbocycles. The zero-order chi connectivity index (χ0) is 11.3. The van der Waals surface area contributed by atoms with Crippen molar-refractivity contribution in [3.8, 4) is 0 Å². The molecular weight excluding hydrogens is 194 g/mol. The van der Waals surface area contributed by atoms with Gasteiger partial charge in [0, 0.05) is 12.7 Å². The summed E-state index contributed by atoms with van der Waals surface area (Å²) in [5.41, 5.74) is 9.21. The van der Waals surface area contributed by atoms with E-state index in [0.29, 0.717) is 6.54 Å². The lowest BCUT2D eigenvalue weighted by Gasteiger charge is -2.14. The number of hydrazine groups is 1. The molecule has 0 radical (unpaired) electrons. The van der Waals surface area contributed by atoms with Crippen LogP contribution in [0.15, 0.2) is 18.3 Å². The van der Waals surface area contributed by atoms with Crippen molar-refractivity contribution in [2.24, 2.45) is 11.6 Å². The number of primary amides is 1. The van der Waals surface area contributed by atoms with Crippen LogP contribution in [0.5, 0.6) is 0 Å². The molecule has 0 unspecified atom stereocenters. The van der Waals surface area contributed by atoms with Crippen LogP contribution in [0.25, 0.3) is 0 Å². The minimum atomic E-state index is -0.356. The Morgan fingerprint density at radius 2 is 2.40 bits per heavy atom. The Morgan fingerprint density at radius 3 is 3.00 bits per heavy atom. The zero-order valence-electron chi connectivity index (χ0n) is 8.60. The fourth-order valence-corrected chi connectivity index (χ4v) is 1.25. The standard InChI is InChI=1S/C9H15N5O/c1-14(6-9(10)15)5-8-4-7(13-11)2-3-12-8/h2-4H,5-6,11H2,1H3,(H2,10,15)(H,12,13). The smallest absolute Gasteiger partial charge is 0.231 e. The molecule has 0 aromatic carbocycles. The number of hydrogen-bond acceptors (Lipinski definition) is 5. The molecule has 0 saturated carbocycles. The summed E-state index contributed by atoms with van der Waals surface area (Å²) in [5, 5.41) is 0. The maximum absolute atomic E-state index is 10.7. The van der Waals surface area contributed by atoms with Crippen LogP contribution in [0, 0.1) is 0 Å². The first-order valence-electron chi connectivity index (χ1n) is 4.50. The highest BCUT2D eigenvalue weighted by molar-refractivity contribution is 5.75. The van der Waals surface area contributed by atoms with Crippen molar-refractivity contribution in [3.63, 3.8) is 0 Å². The third-order valence-corrected chi connectivity index (χ3v) is 1.84. The van der Waals surface area contributed by atoms with Crippen LogP contribution in [-0.4, -0.2) is 29.4 Å². The average molecular weight is 209 g/mol. The number of carbonyl (C=O) groups excluding carboxylic acids is 1. The molecule has 15 heavy (non-hydrogen) atoms. The number of hydrogen-bond donors (Lipinski definition) is 3. The topological polar surface area (TPSA) is 97.3 Å². The van der Waals surface area contributed by atoms with Crippen molar-refractivity contribution in [3.05, 3.63) is 24.0 Å². The molecule has 1 rings (SSSR count). The van der Waals surface area contributed by atoms with E-state index in [0.717, 1.165) is 11.4 Å². The second-order valence-corrected chi connectivity index (χ2v) is 3.32. The van der Waals surface area contributed by atoms with Crippen LogP contribution in [0.4, 0.5) is 5.69 Å². The summed E-state index contributed by atoms with van der Waals surface area (Å²) in [6, 6.07) is 3.58. The molecule has 0 bridgehead atoms. The fraction of sp³-hybridized carbons (Fsp3) is 0.333. The number of nitrogens with zero attached hydrogens (tertiary/aromatic N) is 2. The third-order valence-electron chi connectivity index (χ3n) is 1.84. The molecule has 0 fully saturated rings. The van der Waals surface area contributed by atoms with E-state index in [2.05, 4.69) is 10.4 Å². The lowest BCUT2D eigenvalue weighted by atomic mass is 10.3. The van der Waals surface area contributed by atoms with E-state index in [9.17, 15) is 4.79 Å². The van der Waals surface area contributed by atoms with Crippen molar-refractivity contribution in [2.45, 2.75) is 6.54 Å². The van der Waals surface area contributed by atoms with E-state index in [1.807, 2.05) is 6.07 Å². The highest BCUT2D eigenvalue weighted by Gasteiger charge is 2.04. The quantitative estimate of drug-likeness (QED) is 0.439. The van der Waals surface area contributed by atoms with E-state index in [1.165, 1.54) is 0 Å².